The van der Waals surface area contributed by atoms with E-state index in [4.69, 9.17) is 21.1 Å². The minimum atomic E-state index is -0.337. The molecule has 136 valence electrons. The Kier molecular flexibility index (Phi) is 7.47. The van der Waals surface area contributed by atoms with Crippen molar-refractivity contribution in [3.63, 3.8) is 0 Å². The predicted octanol–water partition coefficient (Wildman–Crippen LogP) is 4.59. The minimum Gasteiger partial charge on any atom is -0.493 e. The van der Waals surface area contributed by atoms with Crippen molar-refractivity contribution < 1.29 is 14.3 Å². The van der Waals surface area contributed by atoms with E-state index in [1.165, 1.54) is 6.21 Å². The number of methoxy groups -OCH3 is 1. The van der Waals surface area contributed by atoms with Crippen LogP contribution in [0.2, 0.25) is 5.02 Å². The smallest absolute Gasteiger partial charge is 0.271 e. The molecule has 0 fully saturated rings. The lowest BCUT2D eigenvalue weighted by Crippen LogP contribution is -2.17. The molecule has 1 amide bonds. The van der Waals surface area contributed by atoms with Crippen molar-refractivity contribution in [2.75, 3.05) is 13.7 Å². The van der Waals surface area contributed by atoms with Gasteiger partial charge in [0.15, 0.2) is 11.5 Å². The fraction of sp³-hybridized carbons (Fsp3) is 0.158. The number of rotatable bonds is 7. The van der Waals surface area contributed by atoms with Crippen LogP contribution in [0.25, 0.3) is 0 Å². The first kappa shape index (κ1) is 20.3. The number of nitrogens with one attached hydrogen (secondary N) is 1. The number of nitrogens with zero attached hydrogens (tertiary/aromatic N) is 1. The number of benzene rings is 2. The number of hydrogen-bond acceptors (Lipinski definition) is 4. The maximum atomic E-state index is 12.1. The van der Waals surface area contributed by atoms with Crippen LogP contribution in [0.3, 0.4) is 0 Å². The third-order valence-electron chi connectivity index (χ3n) is 3.41. The van der Waals surface area contributed by atoms with Gasteiger partial charge in [-0.15, -0.1) is 0 Å². The van der Waals surface area contributed by atoms with E-state index < -0.39 is 0 Å². The monoisotopic (exact) mass is 484 g/mol. The number of hydrazone groups is 1. The molecular weight excluding hydrogens is 467 g/mol. The van der Waals surface area contributed by atoms with E-state index in [-0.39, 0.29) is 5.91 Å². The van der Waals surface area contributed by atoms with Crippen molar-refractivity contribution in [3.8, 4) is 11.5 Å². The van der Waals surface area contributed by atoms with Crippen molar-refractivity contribution in [1.82, 2.24) is 5.43 Å². The molecule has 26 heavy (non-hydrogen) atoms. The molecule has 2 rings (SSSR count). The van der Waals surface area contributed by atoms with Gasteiger partial charge in [0.05, 0.1) is 16.9 Å². The number of amides is 1. The molecule has 0 aliphatic carbocycles. The number of ether oxygens (including phenoxy) is 2. The lowest BCUT2D eigenvalue weighted by Gasteiger charge is -2.12. The third kappa shape index (κ3) is 5.22. The molecule has 0 bridgehead atoms. The quantitative estimate of drug-likeness (QED) is 0.271. The minimum absolute atomic E-state index is 0.337. The Morgan fingerprint density at radius 3 is 2.81 bits per heavy atom. The second-order valence-corrected chi connectivity index (χ2v) is 6.87. The van der Waals surface area contributed by atoms with Gasteiger partial charge in [0.2, 0.25) is 0 Å². The summed E-state index contributed by atoms with van der Waals surface area (Å²) in [5, 5.41) is 4.53. The largest absolute Gasteiger partial charge is 0.493 e. The molecule has 0 aromatic heterocycles. The molecule has 2 aromatic rings. The van der Waals surface area contributed by atoms with Gasteiger partial charge in [-0.05, 0) is 64.9 Å². The fourth-order valence-electron chi connectivity index (χ4n) is 2.06. The zero-order chi connectivity index (χ0) is 19.1. The van der Waals surface area contributed by atoms with E-state index in [0.717, 1.165) is 14.7 Å². The predicted molar refractivity (Wildman–Crippen MR) is 113 cm³/mol. The van der Waals surface area contributed by atoms with Crippen LogP contribution in [-0.4, -0.2) is 25.8 Å². The van der Waals surface area contributed by atoms with E-state index in [1.807, 2.05) is 13.0 Å². The first-order valence-electron chi connectivity index (χ1n) is 7.67. The van der Waals surface area contributed by atoms with Crippen molar-refractivity contribution in [2.45, 2.75) is 6.92 Å². The lowest BCUT2D eigenvalue weighted by molar-refractivity contribution is 0.0955. The van der Waals surface area contributed by atoms with Gasteiger partial charge in [0.1, 0.15) is 6.61 Å². The SMILES string of the molecule is C=CCOc1c(I)cc(/C=N\NC(=O)c2ccc(C)c(Cl)c2)cc1OC. The molecule has 0 saturated carbocycles. The van der Waals surface area contributed by atoms with Gasteiger partial charge in [-0.25, -0.2) is 5.43 Å². The normalized spacial score (nSPS) is 10.6. The van der Waals surface area contributed by atoms with Crippen LogP contribution in [-0.2, 0) is 0 Å². The van der Waals surface area contributed by atoms with Crippen LogP contribution < -0.4 is 14.9 Å². The summed E-state index contributed by atoms with van der Waals surface area (Å²) in [5.41, 5.74) is 4.60. The molecular formula is C19H18ClIN2O3. The summed E-state index contributed by atoms with van der Waals surface area (Å²) >= 11 is 8.19. The van der Waals surface area contributed by atoms with Gasteiger partial charge in [-0.1, -0.05) is 30.3 Å². The molecule has 5 nitrogen and oxygen atoms in total. The molecule has 0 heterocycles. The standard InChI is InChI=1S/C19H18ClIN2O3/c1-4-7-26-18-16(21)8-13(9-17(18)25-3)11-22-23-19(24)14-6-5-12(2)15(20)10-14/h4-6,8-11H,1,7H2,2-3H3,(H,23,24)/b22-11-. The Labute approximate surface area is 171 Å². The summed E-state index contributed by atoms with van der Waals surface area (Å²) < 4.78 is 11.8. The average Bonchev–Trinajstić information content (AvgIpc) is 2.62. The number of halogens is 2. The summed E-state index contributed by atoms with van der Waals surface area (Å²) in [7, 11) is 1.57. The molecule has 7 heteroatoms. The van der Waals surface area contributed by atoms with E-state index in [1.54, 1.807) is 37.5 Å². The molecule has 0 aliphatic heterocycles. The van der Waals surface area contributed by atoms with Crippen molar-refractivity contribution >= 4 is 46.3 Å². The third-order valence-corrected chi connectivity index (χ3v) is 4.62. The Morgan fingerprint density at radius 1 is 1.38 bits per heavy atom. The molecule has 0 saturated heterocycles. The Hall–Kier alpha value is -2.06. The second-order valence-electron chi connectivity index (χ2n) is 5.30. The summed E-state index contributed by atoms with van der Waals surface area (Å²) in [6.45, 7) is 5.89. The van der Waals surface area contributed by atoms with Crippen molar-refractivity contribution in [3.05, 3.63) is 68.3 Å². The maximum absolute atomic E-state index is 12.1. The Morgan fingerprint density at radius 2 is 2.15 bits per heavy atom. The number of aryl methyl sites for hydroxylation is 1. The average molecular weight is 485 g/mol. The van der Waals surface area contributed by atoms with Crippen LogP contribution in [0.5, 0.6) is 11.5 Å². The van der Waals surface area contributed by atoms with Gasteiger partial charge in [0.25, 0.3) is 5.91 Å². The molecule has 0 radical (unpaired) electrons. The topological polar surface area (TPSA) is 59.9 Å². The molecule has 0 unspecified atom stereocenters. The number of carbonyl (C=O) groups is 1. The summed E-state index contributed by atoms with van der Waals surface area (Å²) in [6.07, 6.45) is 3.20. The molecule has 0 atom stereocenters. The zero-order valence-electron chi connectivity index (χ0n) is 14.4. The van der Waals surface area contributed by atoms with E-state index in [9.17, 15) is 4.79 Å². The first-order valence-corrected chi connectivity index (χ1v) is 9.12. The molecule has 0 aliphatic rings. The van der Waals surface area contributed by atoms with Crippen LogP contribution in [0.15, 0.2) is 48.1 Å². The Balaban J connectivity index is 2.12. The number of hydrogen-bond donors (Lipinski definition) is 1. The zero-order valence-corrected chi connectivity index (χ0v) is 17.3. The van der Waals surface area contributed by atoms with Gasteiger partial charge >= 0.3 is 0 Å². The van der Waals surface area contributed by atoms with Crippen LogP contribution in [0.4, 0.5) is 0 Å². The van der Waals surface area contributed by atoms with Gasteiger partial charge < -0.3 is 9.47 Å². The van der Waals surface area contributed by atoms with Crippen LogP contribution in [0.1, 0.15) is 21.5 Å². The van der Waals surface area contributed by atoms with Crippen molar-refractivity contribution in [1.29, 1.82) is 0 Å². The van der Waals surface area contributed by atoms with Gasteiger partial charge in [0, 0.05) is 10.6 Å². The highest BCUT2D eigenvalue weighted by atomic mass is 127. The molecule has 1 N–H and O–H groups in total. The molecule has 2 aromatic carbocycles. The van der Waals surface area contributed by atoms with E-state index >= 15 is 0 Å². The highest BCUT2D eigenvalue weighted by Gasteiger charge is 2.11. The fourth-order valence-corrected chi connectivity index (χ4v) is 3.02. The maximum Gasteiger partial charge on any atom is 0.271 e. The second kappa shape index (κ2) is 9.59. The highest BCUT2D eigenvalue weighted by molar-refractivity contribution is 14.1. The van der Waals surface area contributed by atoms with Crippen LogP contribution >= 0.6 is 34.2 Å². The van der Waals surface area contributed by atoms with Gasteiger partial charge in [-0.3, -0.25) is 4.79 Å². The molecule has 0 spiro atoms. The van der Waals surface area contributed by atoms with E-state index in [0.29, 0.717) is 28.7 Å². The highest BCUT2D eigenvalue weighted by Crippen LogP contribution is 2.33. The van der Waals surface area contributed by atoms with Crippen molar-refractivity contribution in [2.24, 2.45) is 5.10 Å². The van der Waals surface area contributed by atoms with E-state index in [2.05, 4.69) is 39.7 Å². The lowest BCUT2D eigenvalue weighted by atomic mass is 10.1. The Bertz CT molecular complexity index is 853. The summed E-state index contributed by atoms with van der Waals surface area (Å²) in [4.78, 5) is 12.1. The van der Waals surface area contributed by atoms with Crippen LogP contribution in [0, 0.1) is 10.5 Å². The summed E-state index contributed by atoms with van der Waals surface area (Å²) in [5.74, 6) is 0.885. The van der Waals surface area contributed by atoms with Gasteiger partial charge in [-0.2, -0.15) is 5.10 Å². The first-order chi connectivity index (χ1) is 12.5. The summed E-state index contributed by atoms with van der Waals surface area (Å²) in [6, 6.07) is 8.75. The number of carbonyl (C=O) groups excluding carboxylic acids is 1.